The third-order valence-electron chi connectivity index (χ3n) is 2.60. The van der Waals surface area contributed by atoms with E-state index in [0.29, 0.717) is 10.4 Å². The van der Waals surface area contributed by atoms with Crippen molar-refractivity contribution in [3.8, 4) is 5.75 Å². The number of aromatic hydroxyl groups is 1. The molecule has 0 fully saturated rings. The van der Waals surface area contributed by atoms with Crippen molar-refractivity contribution in [1.29, 1.82) is 0 Å². The Kier molecular flexibility index (Phi) is 2.99. The smallest absolute Gasteiger partial charge is 0.300 e. The number of rotatable bonds is 3. The topological polar surface area (TPSA) is 102 Å². The second-order valence-electron chi connectivity index (χ2n) is 3.90. The van der Waals surface area contributed by atoms with Gasteiger partial charge in [-0.25, -0.2) is 4.63 Å². The van der Waals surface area contributed by atoms with Gasteiger partial charge in [0.15, 0.2) is 5.52 Å². The molecule has 20 heavy (non-hydrogen) atoms. The van der Waals surface area contributed by atoms with Crippen LogP contribution in [-0.2, 0) is 0 Å². The molecule has 0 aliphatic rings. The number of phenols is 1. The summed E-state index contributed by atoms with van der Waals surface area (Å²) in [7, 11) is 0. The first-order chi connectivity index (χ1) is 9.65. The van der Waals surface area contributed by atoms with Gasteiger partial charge in [0, 0.05) is 15.9 Å². The first kappa shape index (κ1) is 12.4. The van der Waals surface area contributed by atoms with Gasteiger partial charge in [0.2, 0.25) is 5.52 Å². The second kappa shape index (κ2) is 4.82. The second-order valence-corrected chi connectivity index (χ2v) is 5.02. The van der Waals surface area contributed by atoms with Crippen LogP contribution in [0.4, 0.5) is 5.69 Å². The number of benzene rings is 2. The van der Waals surface area contributed by atoms with Crippen LogP contribution in [0.2, 0.25) is 0 Å². The number of hydrogen-bond donors (Lipinski definition) is 1. The van der Waals surface area contributed by atoms with Crippen molar-refractivity contribution in [2.24, 2.45) is 0 Å². The van der Waals surface area contributed by atoms with Gasteiger partial charge in [0.05, 0.1) is 4.92 Å². The summed E-state index contributed by atoms with van der Waals surface area (Å²) in [5.74, 6) is 0.145. The van der Waals surface area contributed by atoms with Crippen LogP contribution in [0.1, 0.15) is 0 Å². The molecule has 0 aliphatic carbocycles. The van der Waals surface area contributed by atoms with Crippen molar-refractivity contribution in [3.63, 3.8) is 0 Å². The number of nitro groups is 1. The number of phenolic OH excluding ortho intramolecular Hbond substituents is 1. The molecule has 0 bridgehead atoms. The summed E-state index contributed by atoms with van der Waals surface area (Å²) < 4.78 is 4.59. The average molecular weight is 289 g/mol. The Bertz CT molecular complexity index is 802. The highest BCUT2D eigenvalue weighted by Gasteiger charge is 2.19. The molecule has 0 radical (unpaired) electrons. The van der Waals surface area contributed by atoms with Crippen LogP contribution in [0.15, 0.2) is 50.8 Å². The summed E-state index contributed by atoms with van der Waals surface area (Å²) in [5.41, 5.74) is 0.286. The maximum absolute atomic E-state index is 10.9. The van der Waals surface area contributed by atoms with E-state index in [2.05, 4.69) is 14.9 Å². The van der Waals surface area contributed by atoms with Crippen LogP contribution in [-0.4, -0.2) is 20.3 Å². The lowest BCUT2D eigenvalue weighted by Crippen LogP contribution is -1.90. The SMILES string of the molecule is O=[N+]([O-])c1ccc(Sc2cccc(O)c2)c2nonc12. The molecule has 0 unspecified atom stereocenters. The Labute approximate surface area is 116 Å². The van der Waals surface area contributed by atoms with Gasteiger partial charge in [-0.2, -0.15) is 0 Å². The average Bonchev–Trinajstić information content (AvgIpc) is 2.88. The predicted molar refractivity (Wildman–Crippen MR) is 70.7 cm³/mol. The van der Waals surface area contributed by atoms with Gasteiger partial charge in [-0.3, -0.25) is 10.1 Å². The lowest BCUT2D eigenvalue weighted by molar-refractivity contribution is -0.383. The number of nitro benzene ring substituents is 1. The highest BCUT2D eigenvalue weighted by molar-refractivity contribution is 7.99. The van der Waals surface area contributed by atoms with E-state index >= 15 is 0 Å². The van der Waals surface area contributed by atoms with Crippen LogP contribution in [0.3, 0.4) is 0 Å². The Morgan fingerprint density at radius 1 is 1.20 bits per heavy atom. The monoisotopic (exact) mass is 289 g/mol. The zero-order valence-electron chi connectivity index (χ0n) is 9.89. The molecule has 3 aromatic rings. The van der Waals surface area contributed by atoms with E-state index in [9.17, 15) is 15.2 Å². The molecule has 7 nitrogen and oxygen atoms in total. The van der Waals surface area contributed by atoms with Crippen LogP contribution < -0.4 is 0 Å². The molecule has 0 atom stereocenters. The summed E-state index contributed by atoms with van der Waals surface area (Å²) in [6.07, 6.45) is 0. The molecule has 0 saturated heterocycles. The number of non-ortho nitro benzene ring substituents is 1. The van der Waals surface area contributed by atoms with Gasteiger partial charge >= 0.3 is 5.69 Å². The zero-order valence-corrected chi connectivity index (χ0v) is 10.7. The van der Waals surface area contributed by atoms with Gasteiger partial charge in [0.25, 0.3) is 0 Å². The van der Waals surface area contributed by atoms with E-state index in [0.717, 1.165) is 4.90 Å². The molecule has 3 rings (SSSR count). The summed E-state index contributed by atoms with van der Waals surface area (Å²) in [6.45, 7) is 0. The van der Waals surface area contributed by atoms with Gasteiger partial charge in [-0.05, 0) is 34.6 Å². The number of nitrogens with zero attached hydrogens (tertiary/aromatic N) is 3. The first-order valence-electron chi connectivity index (χ1n) is 5.52. The van der Waals surface area contributed by atoms with Gasteiger partial charge in [-0.15, -0.1) is 0 Å². The Balaban J connectivity index is 2.07. The van der Waals surface area contributed by atoms with Crippen molar-refractivity contribution >= 4 is 28.5 Å². The molecule has 100 valence electrons. The molecular formula is C12H7N3O4S. The first-order valence-corrected chi connectivity index (χ1v) is 6.33. The maximum Gasteiger partial charge on any atom is 0.300 e. The van der Waals surface area contributed by atoms with Crippen LogP contribution in [0.5, 0.6) is 5.75 Å². The maximum atomic E-state index is 10.9. The molecule has 0 amide bonds. The fourth-order valence-corrected chi connectivity index (χ4v) is 2.68. The van der Waals surface area contributed by atoms with E-state index < -0.39 is 4.92 Å². The van der Waals surface area contributed by atoms with Crippen molar-refractivity contribution in [1.82, 2.24) is 10.3 Å². The van der Waals surface area contributed by atoms with E-state index in [1.165, 1.54) is 17.8 Å². The molecular weight excluding hydrogens is 282 g/mol. The molecule has 2 aromatic carbocycles. The molecule has 0 spiro atoms. The van der Waals surface area contributed by atoms with Crippen molar-refractivity contribution < 1.29 is 14.7 Å². The van der Waals surface area contributed by atoms with Crippen LogP contribution >= 0.6 is 11.8 Å². The molecule has 8 heteroatoms. The van der Waals surface area contributed by atoms with Crippen molar-refractivity contribution in [3.05, 3.63) is 46.5 Å². The van der Waals surface area contributed by atoms with Gasteiger partial charge < -0.3 is 5.11 Å². The minimum absolute atomic E-state index is 0.111. The largest absolute Gasteiger partial charge is 0.508 e. The van der Waals surface area contributed by atoms with Gasteiger partial charge in [0.1, 0.15) is 5.75 Å². The van der Waals surface area contributed by atoms with Crippen LogP contribution in [0.25, 0.3) is 11.0 Å². The van der Waals surface area contributed by atoms with Gasteiger partial charge in [-0.1, -0.05) is 17.8 Å². The van der Waals surface area contributed by atoms with E-state index in [1.54, 1.807) is 24.3 Å². The highest BCUT2D eigenvalue weighted by Crippen LogP contribution is 2.36. The quantitative estimate of drug-likeness (QED) is 0.584. The fraction of sp³-hybridized carbons (Fsp3) is 0. The van der Waals surface area contributed by atoms with E-state index in [1.807, 2.05) is 6.07 Å². The summed E-state index contributed by atoms with van der Waals surface area (Å²) in [5, 5.41) is 27.6. The lowest BCUT2D eigenvalue weighted by atomic mass is 10.3. The third kappa shape index (κ3) is 2.16. The Morgan fingerprint density at radius 3 is 2.75 bits per heavy atom. The summed E-state index contributed by atoms with van der Waals surface area (Å²) in [6, 6.07) is 9.61. The predicted octanol–water partition coefficient (Wildman–Crippen LogP) is 2.99. The molecule has 1 N–H and O–H groups in total. The van der Waals surface area contributed by atoms with E-state index in [4.69, 9.17) is 0 Å². The molecule has 0 aliphatic heterocycles. The number of aromatic nitrogens is 2. The van der Waals surface area contributed by atoms with Crippen molar-refractivity contribution in [2.45, 2.75) is 9.79 Å². The van der Waals surface area contributed by atoms with E-state index in [-0.39, 0.29) is 17.0 Å². The van der Waals surface area contributed by atoms with Crippen LogP contribution in [0, 0.1) is 10.1 Å². The molecule has 0 saturated carbocycles. The number of fused-ring (bicyclic) bond motifs is 1. The lowest BCUT2D eigenvalue weighted by Gasteiger charge is -2.02. The normalized spacial score (nSPS) is 10.8. The standard InChI is InChI=1S/C12H7N3O4S/c16-7-2-1-3-8(6-7)20-10-5-4-9(15(17)18)11-12(10)14-19-13-11/h1-6,16H. The molecule has 1 aromatic heterocycles. The highest BCUT2D eigenvalue weighted by atomic mass is 32.2. The number of hydrogen-bond acceptors (Lipinski definition) is 7. The minimum Gasteiger partial charge on any atom is -0.508 e. The summed E-state index contributed by atoms with van der Waals surface area (Å²) >= 11 is 1.31. The fourth-order valence-electron chi connectivity index (χ4n) is 1.73. The Morgan fingerprint density at radius 2 is 2.00 bits per heavy atom. The van der Waals surface area contributed by atoms with Crippen molar-refractivity contribution in [2.75, 3.05) is 0 Å². The summed E-state index contributed by atoms with van der Waals surface area (Å²) in [4.78, 5) is 11.8. The third-order valence-corrected chi connectivity index (χ3v) is 3.64. The Hall–Kier alpha value is -2.61. The molecule has 1 heterocycles. The minimum atomic E-state index is -0.532. The zero-order chi connectivity index (χ0) is 14.1.